The molecule has 0 bridgehead atoms. The highest BCUT2D eigenvalue weighted by atomic mass is 32.2. The quantitative estimate of drug-likeness (QED) is 0.522. The van der Waals surface area contributed by atoms with Crippen molar-refractivity contribution in [1.82, 2.24) is 5.32 Å². The fraction of sp³-hybridized carbons (Fsp3) is 0.0556. The van der Waals surface area contributed by atoms with E-state index in [4.69, 9.17) is 0 Å². The number of carbonyl (C=O) groups excluding carboxylic acids is 3. The number of aliphatic carboxylic acids is 2. The minimum absolute atomic E-state index is 0.0473. The second-order valence-electron chi connectivity index (χ2n) is 5.46. The van der Waals surface area contributed by atoms with E-state index in [1.807, 2.05) is 0 Å². The number of rotatable bonds is 8. The molecular weight excluding hydrogens is 388 g/mol. The zero-order valence-corrected chi connectivity index (χ0v) is 15.1. The number of benzene rings is 2. The highest BCUT2D eigenvalue weighted by Crippen LogP contribution is 2.17. The maximum absolute atomic E-state index is 12.4. The molecule has 0 atom stereocenters. The summed E-state index contributed by atoms with van der Waals surface area (Å²) in [6.07, 6.45) is 2.09. The lowest BCUT2D eigenvalue weighted by atomic mass is 10.2. The first-order valence-electron chi connectivity index (χ1n) is 7.77. The van der Waals surface area contributed by atoms with E-state index in [2.05, 4.69) is 10.0 Å². The van der Waals surface area contributed by atoms with Crippen LogP contribution in [0, 0.1) is 0 Å². The number of carboxylic acid groups (broad SMARTS) is 2. The lowest BCUT2D eigenvalue weighted by Gasteiger charge is -2.10. The first-order chi connectivity index (χ1) is 13.2. The molecule has 0 aliphatic heterocycles. The van der Waals surface area contributed by atoms with Crippen molar-refractivity contribution in [3.05, 3.63) is 65.7 Å². The van der Waals surface area contributed by atoms with Crippen molar-refractivity contribution >= 4 is 39.6 Å². The average molecular weight is 402 g/mol. The van der Waals surface area contributed by atoms with Crippen LogP contribution in [0.15, 0.2) is 59.5 Å². The van der Waals surface area contributed by atoms with Crippen LogP contribution in [0.25, 0.3) is 6.08 Å². The Kier molecular flexibility index (Phi) is 6.51. The van der Waals surface area contributed by atoms with Gasteiger partial charge in [0.1, 0.15) is 0 Å². The summed E-state index contributed by atoms with van der Waals surface area (Å²) in [7, 11) is -3.91. The van der Waals surface area contributed by atoms with Gasteiger partial charge in [-0.05, 0) is 48.0 Å². The molecule has 0 spiro atoms. The second-order valence-corrected chi connectivity index (χ2v) is 7.14. The SMILES string of the molecule is O=C([O-])/C=C/c1ccc(S(=O)(=O)Nc2ccc(C(=O)NCC(=O)[O-])cc2)cc1. The van der Waals surface area contributed by atoms with Crippen LogP contribution < -0.4 is 20.3 Å². The number of amides is 1. The van der Waals surface area contributed by atoms with E-state index in [9.17, 15) is 33.0 Å². The zero-order chi connectivity index (χ0) is 20.7. The normalized spacial score (nSPS) is 11.1. The molecule has 0 fully saturated rings. The monoisotopic (exact) mass is 402 g/mol. The molecule has 2 aromatic rings. The van der Waals surface area contributed by atoms with Crippen molar-refractivity contribution in [3.8, 4) is 0 Å². The smallest absolute Gasteiger partial charge is 0.261 e. The summed E-state index contributed by atoms with van der Waals surface area (Å²) in [5.41, 5.74) is 0.820. The van der Waals surface area contributed by atoms with Gasteiger partial charge in [0.15, 0.2) is 0 Å². The van der Waals surface area contributed by atoms with E-state index in [0.29, 0.717) is 5.56 Å². The molecule has 1 amide bonds. The third-order valence-electron chi connectivity index (χ3n) is 3.39. The van der Waals surface area contributed by atoms with Crippen LogP contribution in [0.2, 0.25) is 0 Å². The summed E-state index contributed by atoms with van der Waals surface area (Å²) in [6.45, 7) is -0.638. The maximum Gasteiger partial charge on any atom is 0.261 e. The van der Waals surface area contributed by atoms with Gasteiger partial charge in [0.2, 0.25) is 0 Å². The Morgan fingerprint density at radius 1 is 0.929 bits per heavy atom. The maximum atomic E-state index is 12.4. The van der Waals surface area contributed by atoms with Gasteiger partial charge in [-0.15, -0.1) is 0 Å². The van der Waals surface area contributed by atoms with Gasteiger partial charge < -0.3 is 25.1 Å². The molecule has 28 heavy (non-hydrogen) atoms. The molecule has 0 saturated heterocycles. The minimum atomic E-state index is -3.91. The largest absolute Gasteiger partial charge is 0.548 e. The highest BCUT2D eigenvalue weighted by molar-refractivity contribution is 7.92. The lowest BCUT2D eigenvalue weighted by Crippen LogP contribution is -2.37. The molecule has 0 saturated carbocycles. The molecule has 9 nitrogen and oxygen atoms in total. The van der Waals surface area contributed by atoms with Gasteiger partial charge in [-0.25, -0.2) is 8.42 Å². The van der Waals surface area contributed by atoms with E-state index in [-0.39, 0.29) is 16.1 Å². The number of carboxylic acids is 2. The minimum Gasteiger partial charge on any atom is -0.548 e. The number of anilines is 1. The number of sulfonamides is 1. The van der Waals surface area contributed by atoms with Crippen LogP contribution in [-0.2, 0) is 19.6 Å². The van der Waals surface area contributed by atoms with Crippen LogP contribution in [0.4, 0.5) is 5.69 Å². The fourth-order valence-corrected chi connectivity index (χ4v) is 3.14. The Bertz CT molecular complexity index is 1010. The lowest BCUT2D eigenvalue weighted by molar-refractivity contribution is -0.304. The highest BCUT2D eigenvalue weighted by Gasteiger charge is 2.14. The van der Waals surface area contributed by atoms with E-state index < -0.39 is 34.4 Å². The molecule has 0 aromatic heterocycles. The van der Waals surface area contributed by atoms with E-state index in [1.54, 1.807) is 0 Å². The molecule has 2 N–H and O–H groups in total. The summed E-state index contributed by atoms with van der Waals surface area (Å²) in [5, 5.41) is 22.8. The average Bonchev–Trinajstić information content (AvgIpc) is 2.65. The summed E-state index contributed by atoms with van der Waals surface area (Å²) >= 11 is 0. The fourth-order valence-electron chi connectivity index (χ4n) is 2.08. The van der Waals surface area contributed by atoms with Crippen LogP contribution >= 0.6 is 0 Å². The van der Waals surface area contributed by atoms with Crippen molar-refractivity contribution in [1.29, 1.82) is 0 Å². The molecule has 2 aromatic carbocycles. The van der Waals surface area contributed by atoms with Gasteiger partial charge in [0.25, 0.3) is 15.9 Å². The molecular formula is C18H14N2O7S-2. The predicted octanol–water partition coefficient (Wildman–Crippen LogP) is -1.27. The van der Waals surface area contributed by atoms with E-state index >= 15 is 0 Å². The van der Waals surface area contributed by atoms with Crippen molar-refractivity contribution in [2.75, 3.05) is 11.3 Å². The molecule has 2 rings (SSSR count). The Labute approximate surface area is 160 Å². The molecule has 0 aliphatic rings. The standard InChI is InChI=1S/C18H16N2O7S/c21-16(22)10-3-12-1-8-15(9-2-12)28(26,27)20-14-6-4-13(5-7-14)18(25)19-11-17(23)24/h1-10,20H,11H2,(H,19,25)(H,21,22)(H,23,24)/p-2/b10-3+. The van der Waals surface area contributed by atoms with Crippen molar-refractivity contribution in [2.24, 2.45) is 0 Å². The Morgan fingerprint density at radius 3 is 2.07 bits per heavy atom. The van der Waals surface area contributed by atoms with Crippen LogP contribution in [0.1, 0.15) is 15.9 Å². The number of hydrogen-bond donors (Lipinski definition) is 2. The molecule has 0 radical (unpaired) electrons. The number of hydrogen-bond acceptors (Lipinski definition) is 7. The predicted molar refractivity (Wildman–Crippen MR) is 95.1 cm³/mol. The van der Waals surface area contributed by atoms with Gasteiger partial charge in [-0.1, -0.05) is 18.2 Å². The third-order valence-corrected chi connectivity index (χ3v) is 4.79. The van der Waals surface area contributed by atoms with Crippen LogP contribution in [-0.4, -0.2) is 32.8 Å². The van der Waals surface area contributed by atoms with Crippen LogP contribution in [0.3, 0.4) is 0 Å². The Hall–Kier alpha value is -3.66. The first kappa shape index (κ1) is 20.6. The molecule has 10 heteroatoms. The topological polar surface area (TPSA) is 156 Å². The molecule has 0 unspecified atom stereocenters. The Morgan fingerprint density at radius 2 is 1.54 bits per heavy atom. The summed E-state index contributed by atoms with van der Waals surface area (Å²) in [5.74, 6) is -3.44. The van der Waals surface area contributed by atoms with E-state index in [1.165, 1.54) is 54.6 Å². The van der Waals surface area contributed by atoms with Gasteiger partial charge >= 0.3 is 0 Å². The van der Waals surface area contributed by atoms with Gasteiger partial charge in [-0.2, -0.15) is 0 Å². The van der Waals surface area contributed by atoms with Crippen LogP contribution in [0.5, 0.6) is 0 Å². The second kappa shape index (κ2) is 8.82. The Balaban J connectivity index is 2.08. The van der Waals surface area contributed by atoms with E-state index in [0.717, 1.165) is 6.08 Å². The first-order valence-corrected chi connectivity index (χ1v) is 9.26. The molecule has 0 heterocycles. The number of nitrogens with one attached hydrogen (secondary N) is 2. The van der Waals surface area contributed by atoms with Crippen molar-refractivity contribution in [3.63, 3.8) is 0 Å². The zero-order valence-electron chi connectivity index (χ0n) is 14.2. The van der Waals surface area contributed by atoms with Crippen molar-refractivity contribution < 1.29 is 33.0 Å². The van der Waals surface area contributed by atoms with Gasteiger partial charge in [0, 0.05) is 11.3 Å². The molecule has 0 aliphatic carbocycles. The van der Waals surface area contributed by atoms with Gasteiger partial charge in [0.05, 0.1) is 23.4 Å². The summed E-state index contributed by atoms with van der Waals surface area (Å²) < 4.78 is 27.1. The molecule has 146 valence electrons. The van der Waals surface area contributed by atoms with Gasteiger partial charge in [-0.3, -0.25) is 9.52 Å². The summed E-state index contributed by atoms with van der Waals surface area (Å²) in [6, 6.07) is 10.8. The van der Waals surface area contributed by atoms with Crippen molar-refractivity contribution in [2.45, 2.75) is 4.90 Å². The summed E-state index contributed by atoms with van der Waals surface area (Å²) in [4.78, 5) is 32.4. The third kappa shape index (κ3) is 5.95. The number of carbonyl (C=O) groups is 3.